The summed E-state index contributed by atoms with van der Waals surface area (Å²) in [6.07, 6.45) is 3.32. The molecule has 74 valence electrons. The van der Waals surface area contributed by atoms with E-state index in [0.717, 1.165) is 23.3 Å². The first kappa shape index (κ1) is 9.27. The molecule has 0 aliphatic rings. The highest BCUT2D eigenvalue weighted by Crippen LogP contribution is 2.29. The molecule has 0 unspecified atom stereocenters. The minimum atomic E-state index is 0.458. The fourth-order valence-corrected chi connectivity index (χ4v) is 1.70. The van der Waals surface area contributed by atoms with E-state index in [0.29, 0.717) is 5.15 Å². The Hall–Kier alpha value is -1.29. The number of fused-ring (bicyclic) bond motifs is 1. The molecule has 2 heterocycles. The smallest absolute Gasteiger partial charge is 0.162 e. The molecule has 0 aliphatic carbocycles. The lowest BCUT2D eigenvalue weighted by molar-refractivity contribution is 0.417. The van der Waals surface area contributed by atoms with Crippen molar-refractivity contribution in [2.24, 2.45) is 0 Å². The molecule has 0 N–H and O–H groups in total. The number of ether oxygens (including phenoxy) is 1. The first-order valence-corrected chi connectivity index (χ1v) is 4.69. The normalized spacial score (nSPS) is 10.8. The molecule has 0 bridgehead atoms. The van der Waals surface area contributed by atoms with Crippen molar-refractivity contribution in [1.82, 2.24) is 14.5 Å². The highest BCUT2D eigenvalue weighted by atomic mass is 35.5. The summed E-state index contributed by atoms with van der Waals surface area (Å²) >= 11 is 5.98. The summed E-state index contributed by atoms with van der Waals surface area (Å²) in [5, 5.41) is 0.458. The van der Waals surface area contributed by atoms with E-state index >= 15 is 0 Å². The molecule has 4 nitrogen and oxygen atoms in total. The zero-order valence-electron chi connectivity index (χ0n) is 7.99. The van der Waals surface area contributed by atoms with Crippen molar-refractivity contribution in [3.05, 3.63) is 17.7 Å². The van der Waals surface area contributed by atoms with E-state index in [2.05, 4.69) is 9.97 Å². The van der Waals surface area contributed by atoms with Crippen LogP contribution in [-0.2, 0) is 6.54 Å². The molecule has 0 saturated heterocycles. The largest absolute Gasteiger partial charge is 0.493 e. The van der Waals surface area contributed by atoms with E-state index in [9.17, 15) is 0 Å². The van der Waals surface area contributed by atoms with E-state index in [1.165, 1.54) is 6.33 Å². The van der Waals surface area contributed by atoms with Gasteiger partial charge >= 0.3 is 0 Å². The van der Waals surface area contributed by atoms with Crippen LogP contribution in [0, 0.1) is 0 Å². The van der Waals surface area contributed by atoms with Gasteiger partial charge < -0.3 is 9.30 Å². The average molecular weight is 212 g/mol. The van der Waals surface area contributed by atoms with Crippen LogP contribution in [0.25, 0.3) is 11.0 Å². The Morgan fingerprint density at radius 2 is 2.29 bits per heavy atom. The molecule has 0 aromatic carbocycles. The molecule has 14 heavy (non-hydrogen) atoms. The van der Waals surface area contributed by atoms with E-state index in [-0.39, 0.29) is 0 Å². The fraction of sp³-hybridized carbons (Fsp3) is 0.333. The summed E-state index contributed by atoms with van der Waals surface area (Å²) in [6.45, 7) is 2.84. The van der Waals surface area contributed by atoms with Gasteiger partial charge in [-0.1, -0.05) is 11.6 Å². The lowest BCUT2D eigenvalue weighted by Crippen LogP contribution is -1.93. The Morgan fingerprint density at radius 3 is 2.93 bits per heavy atom. The van der Waals surface area contributed by atoms with Crippen molar-refractivity contribution >= 4 is 22.6 Å². The highest BCUT2D eigenvalue weighted by molar-refractivity contribution is 6.33. The maximum atomic E-state index is 5.98. The van der Waals surface area contributed by atoms with Gasteiger partial charge in [0.25, 0.3) is 0 Å². The first-order valence-electron chi connectivity index (χ1n) is 4.31. The maximum absolute atomic E-state index is 5.98. The van der Waals surface area contributed by atoms with Gasteiger partial charge in [-0.3, -0.25) is 0 Å². The van der Waals surface area contributed by atoms with Gasteiger partial charge in [0.1, 0.15) is 17.4 Å². The van der Waals surface area contributed by atoms with E-state index in [4.69, 9.17) is 16.3 Å². The molecule has 0 fully saturated rings. The van der Waals surface area contributed by atoms with Gasteiger partial charge in [0, 0.05) is 12.7 Å². The topological polar surface area (TPSA) is 39.9 Å². The van der Waals surface area contributed by atoms with Crippen LogP contribution in [-0.4, -0.2) is 21.6 Å². The van der Waals surface area contributed by atoms with Gasteiger partial charge in [-0.15, -0.1) is 0 Å². The number of aromatic nitrogens is 3. The Bertz CT molecular complexity index is 466. The summed E-state index contributed by atoms with van der Waals surface area (Å²) in [4.78, 5) is 8.08. The van der Waals surface area contributed by atoms with Crippen LogP contribution in [0.5, 0.6) is 5.75 Å². The molecule has 0 amide bonds. The number of aryl methyl sites for hydroxylation is 1. The quantitative estimate of drug-likeness (QED) is 0.715. The van der Waals surface area contributed by atoms with E-state index < -0.39 is 0 Å². The molecule has 0 spiro atoms. The molecule has 0 saturated carbocycles. The van der Waals surface area contributed by atoms with Crippen molar-refractivity contribution in [3.63, 3.8) is 0 Å². The molecule has 0 radical (unpaired) electrons. The summed E-state index contributed by atoms with van der Waals surface area (Å²) < 4.78 is 7.16. The fourth-order valence-electron chi connectivity index (χ4n) is 1.46. The van der Waals surface area contributed by atoms with Gasteiger partial charge in [0.2, 0.25) is 0 Å². The number of hydrogen-bond donors (Lipinski definition) is 0. The SMILES string of the molecule is CCn1cc(OC)c2ncnc(Cl)c21. The van der Waals surface area contributed by atoms with E-state index in [1.807, 2.05) is 17.7 Å². The van der Waals surface area contributed by atoms with Crippen molar-refractivity contribution in [1.29, 1.82) is 0 Å². The van der Waals surface area contributed by atoms with Gasteiger partial charge in [-0.25, -0.2) is 9.97 Å². The number of nitrogens with zero attached hydrogens (tertiary/aromatic N) is 3. The third-order valence-corrected chi connectivity index (χ3v) is 2.41. The summed E-state index contributed by atoms with van der Waals surface area (Å²) in [6, 6.07) is 0. The zero-order chi connectivity index (χ0) is 10.1. The van der Waals surface area contributed by atoms with Crippen molar-refractivity contribution in [2.45, 2.75) is 13.5 Å². The monoisotopic (exact) mass is 211 g/mol. The minimum Gasteiger partial charge on any atom is -0.493 e. The molecule has 5 heteroatoms. The van der Waals surface area contributed by atoms with Crippen molar-refractivity contribution in [3.8, 4) is 5.75 Å². The number of rotatable bonds is 2. The number of halogens is 1. The zero-order valence-corrected chi connectivity index (χ0v) is 8.75. The molecular formula is C9H10ClN3O. The van der Waals surface area contributed by atoms with Crippen LogP contribution in [0.4, 0.5) is 0 Å². The molecular weight excluding hydrogens is 202 g/mol. The Kier molecular flexibility index (Phi) is 2.29. The lowest BCUT2D eigenvalue weighted by atomic mass is 10.4. The Balaban J connectivity index is 2.82. The van der Waals surface area contributed by atoms with Gasteiger partial charge in [-0.05, 0) is 6.92 Å². The molecule has 2 aromatic rings. The highest BCUT2D eigenvalue weighted by Gasteiger charge is 2.12. The van der Waals surface area contributed by atoms with Crippen LogP contribution in [0.1, 0.15) is 6.92 Å². The van der Waals surface area contributed by atoms with Gasteiger partial charge in [-0.2, -0.15) is 0 Å². The number of hydrogen-bond acceptors (Lipinski definition) is 3. The van der Waals surface area contributed by atoms with Crippen LogP contribution in [0.2, 0.25) is 5.15 Å². The van der Waals surface area contributed by atoms with Crippen LogP contribution in [0.15, 0.2) is 12.5 Å². The van der Waals surface area contributed by atoms with E-state index in [1.54, 1.807) is 7.11 Å². The third kappa shape index (κ3) is 1.23. The standard InChI is InChI=1S/C9H10ClN3O/c1-3-13-4-6(14-2)7-8(13)9(10)12-5-11-7/h4-5H,3H2,1-2H3. The second-order valence-electron chi connectivity index (χ2n) is 2.85. The predicted molar refractivity (Wildman–Crippen MR) is 54.8 cm³/mol. The van der Waals surface area contributed by atoms with Crippen LogP contribution < -0.4 is 4.74 Å². The summed E-state index contributed by atoms with van der Waals surface area (Å²) in [5.41, 5.74) is 1.59. The van der Waals surface area contributed by atoms with Crippen molar-refractivity contribution in [2.75, 3.05) is 7.11 Å². The summed E-state index contributed by atoms with van der Waals surface area (Å²) in [7, 11) is 1.62. The average Bonchev–Trinajstić information content (AvgIpc) is 2.57. The minimum absolute atomic E-state index is 0.458. The third-order valence-electron chi connectivity index (χ3n) is 2.13. The molecule has 0 atom stereocenters. The lowest BCUT2D eigenvalue weighted by Gasteiger charge is -1.99. The second-order valence-corrected chi connectivity index (χ2v) is 3.20. The predicted octanol–water partition coefficient (Wildman–Crippen LogP) is 2.11. The number of methoxy groups -OCH3 is 1. The summed E-state index contributed by atoms with van der Waals surface area (Å²) in [5.74, 6) is 0.728. The molecule has 2 aromatic heterocycles. The van der Waals surface area contributed by atoms with Crippen LogP contribution in [0.3, 0.4) is 0 Å². The molecule has 0 aliphatic heterocycles. The van der Waals surface area contributed by atoms with Crippen LogP contribution >= 0.6 is 11.6 Å². The van der Waals surface area contributed by atoms with Gasteiger partial charge in [0.05, 0.1) is 7.11 Å². The molecule has 2 rings (SSSR count). The Morgan fingerprint density at radius 1 is 1.50 bits per heavy atom. The Labute approximate surface area is 86.5 Å². The van der Waals surface area contributed by atoms with Gasteiger partial charge in [0.15, 0.2) is 10.9 Å². The second kappa shape index (κ2) is 3.46. The maximum Gasteiger partial charge on any atom is 0.162 e. The first-order chi connectivity index (χ1) is 6.77. The van der Waals surface area contributed by atoms with Crippen molar-refractivity contribution < 1.29 is 4.74 Å².